The molecule has 1 heterocycles. The second kappa shape index (κ2) is 5.16. The monoisotopic (exact) mass is 300 g/mol. The highest BCUT2D eigenvalue weighted by molar-refractivity contribution is 6.12. The Balaban J connectivity index is 2.54. The Kier molecular flexibility index (Phi) is 3.30. The number of phenols is 1. The Morgan fingerprint density at radius 2 is 1.91 bits per heavy atom. The molecule has 1 aromatic heterocycles. The van der Waals surface area contributed by atoms with Crippen molar-refractivity contribution < 1.29 is 24.5 Å². The van der Waals surface area contributed by atoms with Gasteiger partial charge < -0.3 is 19.7 Å². The van der Waals surface area contributed by atoms with Crippen molar-refractivity contribution in [1.82, 2.24) is 0 Å². The van der Waals surface area contributed by atoms with Gasteiger partial charge in [-0.15, -0.1) is 0 Å². The topological polar surface area (TPSA) is 108 Å². The van der Waals surface area contributed by atoms with Gasteiger partial charge in [0.15, 0.2) is 5.58 Å². The summed E-state index contributed by atoms with van der Waals surface area (Å²) in [5.74, 6) is -1.84. The third kappa shape index (κ3) is 2.01. The molecule has 0 radical (unpaired) electrons. The number of aliphatic hydroxyl groups is 1. The molecule has 0 saturated carbocycles. The lowest BCUT2D eigenvalue weighted by molar-refractivity contribution is 0.0694. The fraction of sp³-hybridized carbons (Fsp3) is 0.125. The van der Waals surface area contributed by atoms with Crippen LogP contribution in [0.5, 0.6) is 5.75 Å². The number of hydrogen-bond acceptors (Lipinski definition) is 5. The SMILES string of the molecule is O=C(O)c1c(O)ccc2c1oc(=O)c1c(CCO)cccc12. The van der Waals surface area contributed by atoms with Crippen molar-refractivity contribution in [3.63, 3.8) is 0 Å². The van der Waals surface area contributed by atoms with Crippen molar-refractivity contribution in [2.24, 2.45) is 0 Å². The lowest BCUT2D eigenvalue weighted by Gasteiger charge is -2.09. The van der Waals surface area contributed by atoms with Gasteiger partial charge in [-0.3, -0.25) is 0 Å². The number of carboxylic acids is 1. The van der Waals surface area contributed by atoms with E-state index in [9.17, 15) is 19.8 Å². The van der Waals surface area contributed by atoms with Gasteiger partial charge in [0.2, 0.25) is 0 Å². The Morgan fingerprint density at radius 3 is 2.59 bits per heavy atom. The number of aromatic hydroxyl groups is 1. The Labute approximate surface area is 123 Å². The van der Waals surface area contributed by atoms with Crippen LogP contribution in [-0.2, 0) is 6.42 Å². The smallest absolute Gasteiger partial charge is 0.344 e. The standard InChI is InChI=1S/C16H12O6/c17-7-6-8-2-1-3-9-10-4-5-11(18)13(15(19)20)14(10)22-16(21)12(8)9/h1-5,17-18H,6-7H2,(H,19,20). The van der Waals surface area contributed by atoms with Gasteiger partial charge in [-0.05, 0) is 24.1 Å². The molecule has 3 N–H and O–H groups in total. The van der Waals surface area contributed by atoms with E-state index < -0.39 is 22.9 Å². The van der Waals surface area contributed by atoms with Gasteiger partial charge in [0.25, 0.3) is 0 Å². The molecule has 0 unspecified atom stereocenters. The van der Waals surface area contributed by atoms with E-state index in [4.69, 9.17) is 9.52 Å². The molecule has 22 heavy (non-hydrogen) atoms. The van der Waals surface area contributed by atoms with Gasteiger partial charge in [0, 0.05) is 17.4 Å². The molecule has 0 aliphatic carbocycles. The number of carboxylic acid groups (broad SMARTS) is 1. The number of benzene rings is 2. The molecule has 0 fully saturated rings. The first-order valence-electron chi connectivity index (χ1n) is 6.59. The highest BCUT2D eigenvalue weighted by atomic mass is 16.4. The molecule has 0 aliphatic heterocycles. The molecule has 112 valence electrons. The molecule has 0 amide bonds. The lowest BCUT2D eigenvalue weighted by Crippen LogP contribution is -2.07. The van der Waals surface area contributed by atoms with Crippen molar-refractivity contribution in [3.05, 3.63) is 51.9 Å². The molecule has 2 aromatic carbocycles. The zero-order valence-corrected chi connectivity index (χ0v) is 11.4. The van der Waals surface area contributed by atoms with Gasteiger partial charge >= 0.3 is 11.6 Å². The van der Waals surface area contributed by atoms with Crippen molar-refractivity contribution in [2.75, 3.05) is 6.61 Å². The number of carbonyl (C=O) groups is 1. The summed E-state index contributed by atoms with van der Waals surface area (Å²) >= 11 is 0. The molecule has 6 nitrogen and oxygen atoms in total. The molecule has 0 bridgehead atoms. The van der Waals surface area contributed by atoms with E-state index in [0.29, 0.717) is 21.7 Å². The van der Waals surface area contributed by atoms with Gasteiger partial charge in [-0.2, -0.15) is 0 Å². The quantitative estimate of drug-likeness (QED) is 0.503. The van der Waals surface area contributed by atoms with E-state index in [1.54, 1.807) is 18.2 Å². The fourth-order valence-corrected chi connectivity index (χ4v) is 2.64. The first-order chi connectivity index (χ1) is 10.5. The van der Waals surface area contributed by atoms with Crippen LogP contribution in [0.1, 0.15) is 15.9 Å². The van der Waals surface area contributed by atoms with Gasteiger partial charge in [-0.1, -0.05) is 18.2 Å². The molecule has 0 saturated heterocycles. The van der Waals surface area contributed by atoms with E-state index in [2.05, 4.69) is 0 Å². The maximum absolute atomic E-state index is 12.3. The lowest BCUT2D eigenvalue weighted by atomic mass is 9.99. The fourth-order valence-electron chi connectivity index (χ4n) is 2.64. The van der Waals surface area contributed by atoms with Crippen molar-refractivity contribution in [1.29, 1.82) is 0 Å². The van der Waals surface area contributed by atoms with E-state index in [0.717, 1.165) is 0 Å². The number of hydrogen-bond donors (Lipinski definition) is 3. The average molecular weight is 300 g/mol. The second-order valence-electron chi connectivity index (χ2n) is 4.84. The second-order valence-corrected chi connectivity index (χ2v) is 4.84. The number of rotatable bonds is 3. The predicted molar refractivity (Wildman–Crippen MR) is 79.4 cm³/mol. The summed E-state index contributed by atoms with van der Waals surface area (Å²) in [7, 11) is 0. The molecular weight excluding hydrogens is 288 g/mol. The summed E-state index contributed by atoms with van der Waals surface area (Å²) in [5, 5.41) is 29.3. The minimum atomic E-state index is -1.38. The molecule has 3 rings (SSSR count). The van der Waals surface area contributed by atoms with Crippen molar-refractivity contribution in [3.8, 4) is 5.75 Å². The van der Waals surface area contributed by atoms with Crippen LogP contribution in [0.4, 0.5) is 0 Å². The molecular formula is C16H12O6. The predicted octanol–water partition coefficient (Wildman–Crippen LogP) is 1.88. The summed E-state index contributed by atoms with van der Waals surface area (Å²) in [4.78, 5) is 23.5. The van der Waals surface area contributed by atoms with Crippen molar-refractivity contribution >= 4 is 27.7 Å². The minimum absolute atomic E-state index is 0.119. The zero-order valence-electron chi connectivity index (χ0n) is 11.4. The van der Waals surface area contributed by atoms with Gasteiger partial charge in [0.05, 0.1) is 5.39 Å². The van der Waals surface area contributed by atoms with Crippen LogP contribution in [0.25, 0.3) is 21.7 Å². The normalized spacial score (nSPS) is 11.1. The van der Waals surface area contributed by atoms with Crippen LogP contribution in [0.15, 0.2) is 39.5 Å². The maximum atomic E-state index is 12.3. The first kappa shape index (κ1) is 14.1. The van der Waals surface area contributed by atoms with Crippen molar-refractivity contribution in [2.45, 2.75) is 6.42 Å². The largest absolute Gasteiger partial charge is 0.507 e. The summed E-state index contributed by atoms with van der Waals surface area (Å²) in [6.45, 7) is -0.119. The summed E-state index contributed by atoms with van der Waals surface area (Å²) in [5.41, 5.74) is -0.671. The average Bonchev–Trinajstić information content (AvgIpc) is 2.47. The van der Waals surface area contributed by atoms with E-state index in [1.807, 2.05) is 0 Å². The third-order valence-electron chi connectivity index (χ3n) is 3.57. The van der Waals surface area contributed by atoms with E-state index in [-0.39, 0.29) is 18.6 Å². The molecule has 3 aromatic rings. The molecule has 6 heteroatoms. The molecule has 0 aliphatic rings. The summed E-state index contributed by atoms with van der Waals surface area (Å²) < 4.78 is 5.16. The van der Waals surface area contributed by atoms with Crippen LogP contribution in [0.3, 0.4) is 0 Å². The number of fused-ring (bicyclic) bond motifs is 3. The zero-order chi connectivity index (χ0) is 15.9. The van der Waals surface area contributed by atoms with E-state index >= 15 is 0 Å². The Hall–Kier alpha value is -2.86. The number of aromatic carboxylic acids is 1. The van der Waals surface area contributed by atoms with Gasteiger partial charge in [0.1, 0.15) is 11.3 Å². The van der Waals surface area contributed by atoms with Crippen LogP contribution < -0.4 is 5.63 Å². The van der Waals surface area contributed by atoms with E-state index in [1.165, 1.54) is 12.1 Å². The van der Waals surface area contributed by atoms with Crippen LogP contribution >= 0.6 is 0 Å². The molecule has 0 atom stereocenters. The van der Waals surface area contributed by atoms with Gasteiger partial charge in [-0.25, -0.2) is 9.59 Å². The van der Waals surface area contributed by atoms with Crippen LogP contribution in [0.2, 0.25) is 0 Å². The third-order valence-corrected chi connectivity index (χ3v) is 3.57. The highest BCUT2D eigenvalue weighted by Gasteiger charge is 2.20. The highest BCUT2D eigenvalue weighted by Crippen LogP contribution is 2.31. The Bertz CT molecular complexity index is 954. The summed E-state index contributed by atoms with van der Waals surface area (Å²) in [6.07, 6.45) is 0.289. The van der Waals surface area contributed by atoms with Crippen LogP contribution in [0, 0.1) is 0 Å². The Morgan fingerprint density at radius 1 is 1.14 bits per heavy atom. The first-order valence-corrected chi connectivity index (χ1v) is 6.59. The van der Waals surface area contributed by atoms with Crippen LogP contribution in [-0.4, -0.2) is 27.9 Å². The maximum Gasteiger partial charge on any atom is 0.344 e. The minimum Gasteiger partial charge on any atom is -0.507 e. The molecule has 0 spiro atoms. The summed E-state index contributed by atoms with van der Waals surface area (Å²) in [6, 6.07) is 7.87. The number of aliphatic hydroxyl groups excluding tert-OH is 1.